The van der Waals surface area contributed by atoms with Crippen LogP contribution in [0.15, 0.2) is 50.1 Å². The van der Waals surface area contributed by atoms with Crippen LogP contribution in [0.25, 0.3) is 22.4 Å². The van der Waals surface area contributed by atoms with E-state index >= 15 is 0 Å². The minimum absolute atomic E-state index is 0.102. The molecule has 1 saturated heterocycles. The van der Waals surface area contributed by atoms with Crippen molar-refractivity contribution in [1.82, 2.24) is 9.88 Å². The van der Waals surface area contributed by atoms with E-state index in [9.17, 15) is 14.4 Å². The molecule has 1 fully saturated rings. The Kier molecular flexibility index (Phi) is 4.33. The molecule has 7 nitrogen and oxygen atoms in total. The largest absolute Gasteiger partial charge is 0.403 e. The first-order valence-electron chi connectivity index (χ1n) is 9.24. The fourth-order valence-electron chi connectivity index (χ4n) is 3.75. The minimum Gasteiger partial charge on any atom is -0.403 e. The summed E-state index contributed by atoms with van der Waals surface area (Å²) in [6.07, 6.45) is 1.65. The number of imide groups is 1. The van der Waals surface area contributed by atoms with Gasteiger partial charge in [-0.3, -0.25) is 14.5 Å². The van der Waals surface area contributed by atoms with Gasteiger partial charge in [-0.1, -0.05) is 15.9 Å². The van der Waals surface area contributed by atoms with Gasteiger partial charge in [0.2, 0.25) is 5.89 Å². The highest BCUT2D eigenvalue weighted by atomic mass is 79.9. The zero-order chi connectivity index (χ0) is 20.1. The zero-order valence-corrected chi connectivity index (χ0v) is 16.8. The summed E-state index contributed by atoms with van der Waals surface area (Å²) in [5.74, 6) is -0.593. The van der Waals surface area contributed by atoms with E-state index < -0.39 is 5.63 Å². The lowest BCUT2D eigenvalue weighted by Gasteiger charge is -2.17. The molecule has 29 heavy (non-hydrogen) atoms. The lowest BCUT2D eigenvalue weighted by Crippen LogP contribution is -2.36. The van der Waals surface area contributed by atoms with Gasteiger partial charge < -0.3 is 9.15 Å². The number of carbonyl (C=O) groups excluding carboxylic acids is 2. The van der Waals surface area contributed by atoms with Crippen LogP contribution in [0, 0.1) is 0 Å². The summed E-state index contributed by atoms with van der Waals surface area (Å²) in [5, 5.41) is 0.360. The highest BCUT2D eigenvalue weighted by molar-refractivity contribution is 9.10. The lowest BCUT2D eigenvalue weighted by atomic mass is 10.1. The second-order valence-electron chi connectivity index (χ2n) is 7.08. The minimum atomic E-state index is -0.519. The molecular formula is C21H15BrN2O5. The van der Waals surface area contributed by atoms with Crippen LogP contribution in [0.2, 0.25) is 0 Å². The van der Waals surface area contributed by atoms with Crippen LogP contribution in [-0.2, 0) is 4.74 Å². The van der Waals surface area contributed by atoms with Crippen LogP contribution in [0.3, 0.4) is 0 Å². The maximum atomic E-state index is 12.8. The lowest BCUT2D eigenvalue weighted by molar-refractivity contribution is 0.0475. The van der Waals surface area contributed by atoms with Gasteiger partial charge in [-0.25, -0.2) is 9.78 Å². The Hall–Kier alpha value is -2.84. The van der Waals surface area contributed by atoms with Crippen molar-refractivity contribution < 1.29 is 18.7 Å². The van der Waals surface area contributed by atoms with E-state index in [0.717, 1.165) is 17.3 Å². The highest BCUT2D eigenvalue weighted by Crippen LogP contribution is 2.29. The predicted molar refractivity (Wildman–Crippen MR) is 108 cm³/mol. The van der Waals surface area contributed by atoms with E-state index in [1.807, 2.05) is 0 Å². The summed E-state index contributed by atoms with van der Waals surface area (Å²) in [7, 11) is 0. The molecular weight excluding hydrogens is 440 g/mol. The summed E-state index contributed by atoms with van der Waals surface area (Å²) in [4.78, 5) is 43.5. The van der Waals surface area contributed by atoms with Gasteiger partial charge in [0.05, 0.1) is 34.7 Å². The third kappa shape index (κ3) is 3.08. The van der Waals surface area contributed by atoms with Gasteiger partial charge in [-0.15, -0.1) is 0 Å². The maximum absolute atomic E-state index is 12.8. The Balaban J connectivity index is 1.52. The van der Waals surface area contributed by atoms with Crippen LogP contribution < -0.4 is 5.63 Å². The van der Waals surface area contributed by atoms with Crippen molar-refractivity contribution in [2.24, 2.45) is 0 Å². The molecule has 0 N–H and O–H groups in total. The highest BCUT2D eigenvalue weighted by Gasteiger charge is 2.37. The molecule has 2 amide bonds. The molecule has 2 aliphatic rings. The van der Waals surface area contributed by atoms with Crippen molar-refractivity contribution in [2.45, 2.75) is 18.9 Å². The number of hydrogen-bond acceptors (Lipinski definition) is 6. The van der Waals surface area contributed by atoms with Crippen molar-refractivity contribution in [3.63, 3.8) is 0 Å². The topological polar surface area (TPSA) is 89.7 Å². The van der Waals surface area contributed by atoms with Gasteiger partial charge in [-0.05, 0) is 49.2 Å². The summed E-state index contributed by atoms with van der Waals surface area (Å²) >= 11 is 3.32. The molecule has 0 unspecified atom stereocenters. The van der Waals surface area contributed by atoms with Crippen molar-refractivity contribution in [1.29, 1.82) is 0 Å². The first-order valence-corrected chi connectivity index (χ1v) is 10.0. The second kappa shape index (κ2) is 6.89. The van der Waals surface area contributed by atoms with Gasteiger partial charge in [0.25, 0.3) is 11.8 Å². The standard InChI is InChI=1S/C21H15BrN2O5/c22-12-4-6-17-16(9-12)21(27)29-18(23-17)11-3-5-14-15(8-11)20(26)24(19(14)25)10-13-2-1-7-28-13/h3-6,8-9,13H,1-2,7,10H2/t13-/m0/s1. The quantitative estimate of drug-likeness (QED) is 0.563. The second-order valence-corrected chi connectivity index (χ2v) is 8.00. The number of ether oxygens (including phenoxy) is 1. The number of aromatic nitrogens is 1. The van der Waals surface area contributed by atoms with Crippen LogP contribution in [0.4, 0.5) is 0 Å². The molecule has 0 aliphatic carbocycles. The van der Waals surface area contributed by atoms with E-state index in [1.54, 1.807) is 36.4 Å². The Bertz CT molecular complexity index is 1230. The molecule has 0 saturated carbocycles. The predicted octanol–water partition coefficient (Wildman–Crippen LogP) is 3.39. The molecule has 3 heterocycles. The molecule has 3 aromatic rings. The number of rotatable bonds is 3. The molecule has 1 atom stereocenters. The van der Waals surface area contributed by atoms with Gasteiger partial charge in [0, 0.05) is 16.6 Å². The van der Waals surface area contributed by atoms with E-state index in [-0.39, 0.29) is 35.9 Å². The molecule has 2 aliphatic heterocycles. The summed E-state index contributed by atoms with van der Waals surface area (Å²) in [5.41, 5.74) is 1.05. The third-order valence-corrected chi connectivity index (χ3v) is 5.71. The molecule has 0 radical (unpaired) electrons. The van der Waals surface area contributed by atoms with Crippen molar-refractivity contribution in [2.75, 3.05) is 13.2 Å². The number of carbonyl (C=O) groups is 2. The number of nitrogens with zero attached hydrogens (tertiary/aromatic N) is 2. The number of halogens is 1. The molecule has 2 aromatic carbocycles. The maximum Gasteiger partial charge on any atom is 0.347 e. The summed E-state index contributed by atoms with van der Waals surface area (Å²) in [6.45, 7) is 0.904. The normalized spacial score (nSPS) is 18.7. The Morgan fingerprint density at radius 3 is 2.69 bits per heavy atom. The molecule has 146 valence electrons. The Morgan fingerprint density at radius 2 is 1.90 bits per heavy atom. The van der Waals surface area contributed by atoms with E-state index in [0.29, 0.717) is 28.6 Å². The Labute approximate surface area is 173 Å². The monoisotopic (exact) mass is 454 g/mol. The zero-order valence-electron chi connectivity index (χ0n) is 15.2. The molecule has 0 spiro atoms. The van der Waals surface area contributed by atoms with E-state index in [1.165, 1.54) is 4.90 Å². The van der Waals surface area contributed by atoms with E-state index in [4.69, 9.17) is 9.15 Å². The summed E-state index contributed by atoms with van der Waals surface area (Å²) in [6, 6.07) is 9.91. The number of benzene rings is 2. The molecule has 1 aromatic heterocycles. The average Bonchev–Trinajstić information content (AvgIpc) is 3.31. The molecule has 5 rings (SSSR count). The average molecular weight is 455 g/mol. The van der Waals surface area contributed by atoms with Crippen LogP contribution >= 0.6 is 15.9 Å². The van der Waals surface area contributed by atoms with Crippen molar-refractivity contribution >= 4 is 38.6 Å². The molecule has 8 heteroatoms. The van der Waals surface area contributed by atoms with E-state index in [2.05, 4.69) is 20.9 Å². The van der Waals surface area contributed by atoms with Crippen LogP contribution in [0.1, 0.15) is 33.6 Å². The number of amides is 2. The fourth-order valence-corrected chi connectivity index (χ4v) is 4.11. The summed E-state index contributed by atoms with van der Waals surface area (Å²) < 4.78 is 11.7. The first-order chi connectivity index (χ1) is 14.0. The Morgan fingerprint density at radius 1 is 1.07 bits per heavy atom. The molecule has 0 bridgehead atoms. The number of fused-ring (bicyclic) bond motifs is 2. The van der Waals surface area contributed by atoms with Crippen molar-refractivity contribution in [3.05, 3.63) is 62.4 Å². The van der Waals surface area contributed by atoms with Crippen LogP contribution in [-0.4, -0.2) is 41.0 Å². The first kappa shape index (κ1) is 18.2. The SMILES string of the molecule is O=C1c2ccc(-c3nc4ccc(Br)cc4c(=O)o3)cc2C(=O)N1C[C@@H]1CCCO1. The van der Waals surface area contributed by atoms with Gasteiger partial charge >= 0.3 is 5.63 Å². The fraction of sp³-hybridized carbons (Fsp3) is 0.238. The van der Waals surface area contributed by atoms with Gasteiger partial charge in [0.15, 0.2) is 0 Å². The smallest absolute Gasteiger partial charge is 0.347 e. The third-order valence-electron chi connectivity index (χ3n) is 5.22. The van der Waals surface area contributed by atoms with Crippen molar-refractivity contribution in [3.8, 4) is 11.5 Å². The van der Waals surface area contributed by atoms with Crippen LogP contribution in [0.5, 0.6) is 0 Å². The van der Waals surface area contributed by atoms with Gasteiger partial charge in [-0.2, -0.15) is 0 Å². The number of hydrogen-bond donors (Lipinski definition) is 0. The van der Waals surface area contributed by atoms with Gasteiger partial charge in [0.1, 0.15) is 0 Å².